The molecular formula is C17H14BrN3OS. The van der Waals surface area contributed by atoms with Crippen LogP contribution in [0.25, 0.3) is 11.3 Å². The number of hydrogen-bond acceptors (Lipinski definition) is 3. The number of aromatic amines is 1. The van der Waals surface area contributed by atoms with Gasteiger partial charge in [-0.1, -0.05) is 28.1 Å². The zero-order chi connectivity index (χ0) is 16.1. The van der Waals surface area contributed by atoms with E-state index in [1.54, 1.807) is 6.20 Å². The fourth-order valence-electron chi connectivity index (χ4n) is 2.06. The van der Waals surface area contributed by atoms with Gasteiger partial charge in [-0.3, -0.25) is 9.89 Å². The summed E-state index contributed by atoms with van der Waals surface area (Å²) in [5.74, 6) is 0.343. The van der Waals surface area contributed by atoms with E-state index in [0.717, 1.165) is 26.3 Å². The Labute approximate surface area is 146 Å². The summed E-state index contributed by atoms with van der Waals surface area (Å²) >= 11 is 4.91. The number of nitrogens with one attached hydrogen (secondary N) is 2. The minimum absolute atomic E-state index is 0.0281. The minimum atomic E-state index is -0.0281. The van der Waals surface area contributed by atoms with Crippen molar-refractivity contribution >= 4 is 39.3 Å². The zero-order valence-corrected chi connectivity index (χ0v) is 14.5. The van der Waals surface area contributed by atoms with Crippen molar-refractivity contribution in [1.82, 2.24) is 10.2 Å². The third kappa shape index (κ3) is 4.46. The zero-order valence-electron chi connectivity index (χ0n) is 12.1. The highest BCUT2D eigenvalue weighted by molar-refractivity contribution is 9.10. The highest BCUT2D eigenvalue weighted by Gasteiger charge is 2.05. The van der Waals surface area contributed by atoms with E-state index in [-0.39, 0.29) is 5.91 Å². The number of halogens is 1. The average Bonchev–Trinajstić information content (AvgIpc) is 3.09. The summed E-state index contributed by atoms with van der Waals surface area (Å²) in [6.07, 6.45) is 1.70. The molecule has 6 heteroatoms. The van der Waals surface area contributed by atoms with Gasteiger partial charge in [0, 0.05) is 26.8 Å². The molecule has 0 aliphatic rings. The number of rotatable bonds is 5. The summed E-state index contributed by atoms with van der Waals surface area (Å²) in [7, 11) is 0. The van der Waals surface area contributed by atoms with Gasteiger partial charge >= 0.3 is 0 Å². The third-order valence-electron chi connectivity index (χ3n) is 3.14. The Morgan fingerprint density at radius 2 is 2.00 bits per heavy atom. The number of nitrogens with zero attached hydrogens (tertiary/aromatic N) is 1. The van der Waals surface area contributed by atoms with Gasteiger partial charge in [-0.15, -0.1) is 11.8 Å². The van der Waals surface area contributed by atoms with Crippen LogP contribution < -0.4 is 5.32 Å². The lowest BCUT2D eigenvalue weighted by Gasteiger charge is -2.07. The molecule has 0 saturated carbocycles. The Balaban J connectivity index is 1.59. The molecule has 2 N–H and O–H groups in total. The van der Waals surface area contributed by atoms with Gasteiger partial charge < -0.3 is 5.32 Å². The maximum Gasteiger partial charge on any atom is 0.234 e. The summed E-state index contributed by atoms with van der Waals surface area (Å²) in [5.41, 5.74) is 2.68. The first-order valence-corrected chi connectivity index (χ1v) is 8.76. The average molecular weight is 388 g/mol. The molecule has 0 radical (unpaired) electrons. The van der Waals surface area contributed by atoms with Crippen molar-refractivity contribution in [1.29, 1.82) is 0 Å². The van der Waals surface area contributed by atoms with Crippen LogP contribution in [0.2, 0.25) is 0 Å². The molecule has 1 amide bonds. The molecule has 1 heterocycles. The second-order valence-corrected chi connectivity index (χ2v) is 6.81. The van der Waals surface area contributed by atoms with Crippen LogP contribution in [0.15, 0.2) is 70.2 Å². The van der Waals surface area contributed by atoms with Crippen molar-refractivity contribution in [3.8, 4) is 11.3 Å². The number of H-pyrrole nitrogens is 1. The molecule has 0 aliphatic heterocycles. The minimum Gasteiger partial charge on any atom is -0.325 e. The van der Waals surface area contributed by atoms with E-state index in [1.807, 2.05) is 54.6 Å². The predicted octanol–water partition coefficient (Wildman–Crippen LogP) is 4.57. The largest absolute Gasteiger partial charge is 0.325 e. The number of anilines is 1. The molecule has 4 nitrogen and oxygen atoms in total. The maximum absolute atomic E-state index is 12.1. The summed E-state index contributed by atoms with van der Waals surface area (Å²) in [6.45, 7) is 0. The quantitative estimate of drug-likeness (QED) is 0.630. The van der Waals surface area contributed by atoms with Crippen LogP contribution in [0.4, 0.5) is 5.69 Å². The van der Waals surface area contributed by atoms with Crippen molar-refractivity contribution in [2.24, 2.45) is 0 Å². The number of thioether (sulfide) groups is 1. The molecule has 2 aromatic carbocycles. The number of carbonyl (C=O) groups excluding carboxylic acids is 1. The Bertz CT molecular complexity index is 788. The van der Waals surface area contributed by atoms with Gasteiger partial charge in [-0.2, -0.15) is 5.10 Å². The third-order valence-corrected chi connectivity index (χ3v) is 4.68. The topological polar surface area (TPSA) is 57.8 Å². The maximum atomic E-state index is 12.1. The first kappa shape index (κ1) is 15.8. The van der Waals surface area contributed by atoms with Gasteiger partial charge in [0.2, 0.25) is 5.91 Å². The summed E-state index contributed by atoms with van der Waals surface area (Å²) in [5, 5.41) is 9.78. The highest BCUT2D eigenvalue weighted by atomic mass is 79.9. The number of amides is 1. The molecule has 0 saturated heterocycles. The summed E-state index contributed by atoms with van der Waals surface area (Å²) in [4.78, 5) is 13.2. The first-order chi connectivity index (χ1) is 11.2. The smallest absolute Gasteiger partial charge is 0.234 e. The van der Waals surface area contributed by atoms with Crippen LogP contribution in [0.5, 0.6) is 0 Å². The van der Waals surface area contributed by atoms with Gasteiger partial charge in [0.05, 0.1) is 11.4 Å². The Morgan fingerprint density at radius 1 is 1.17 bits per heavy atom. The van der Waals surface area contributed by atoms with E-state index >= 15 is 0 Å². The lowest BCUT2D eigenvalue weighted by atomic mass is 10.1. The monoisotopic (exact) mass is 387 g/mol. The van der Waals surface area contributed by atoms with E-state index in [9.17, 15) is 4.79 Å². The van der Waals surface area contributed by atoms with Crippen LogP contribution >= 0.6 is 27.7 Å². The van der Waals surface area contributed by atoms with Gasteiger partial charge in [0.25, 0.3) is 0 Å². The van der Waals surface area contributed by atoms with E-state index in [2.05, 4.69) is 31.4 Å². The van der Waals surface area contributed by atoms with Gasteiger partial charge in [-0.05, 0) is 42.5 Å². The SMILES string of the molecule is O=C(CSc1ccc(Br)cc1)Nc1cccc(-c2ccn[nH]2)c1. The van der Waals surface area contributed by atoms with Crippen molar-refractivity contribution in [2.75, 3.05) is 11.1 Å². The van der Waals surface area contributed by atoms with Crippen LogP contribution in [0.1, 0.15) is 0 Å². The fraction of sp³-hybridized carbons (Fsp3) is 0.0588. The molecule has 0 unspecified atom stereocenters. The Morgan fingerprint density at radius 3 is 2.74 bits per heavy atom. The Kier molecular flexibility index (Phi) is 5.15. The second kappa shape index (κ2) is 7.48. The van der Waals surface area contributed by atoms with E-state index in [1.165, 1.54) is 11.8 Å². The molecule has 3 aromatic rings. The fourth-order valence-corrected chi connectivity index (χ4v) is 3.02. The number of hydrogen-bond donors (Lipinski definition) is 2. The van der Waals surface area contributed by atoms with Crippen molar-refractivity contribution in [3.05, 3.63) is 65.3 Å². The molecule has 0 bridgehead atoms. The lowest BCUT2D eigenvalue weighted by molar-refractivity contribution is -0.113. The first-order valence-electron chi connectivity index (χ1n) is 6.99. The standard InChI is InChI=1S/C17H14BrN3OS/c18-13-4-6-15(7-5-13)23-11-17(22)20-14-3-1-2-12(10-14)16-8-9-19-21-16/h1-10H,11H2,(H,19,21)(H,20,22). The normalized spacial score (nSPS) is 10.5. The molecule has 116 valence electrons. The van der Waals surface area contributed by atoms with Gasteiger partial charge in [0.1, 0.15) is 0 Å². The van der Waals surface area contributed by atoms with Crippen LogP contribution in [0.3, 0.4) is 0 Å². The number of aromatic nitrogens is 2. The molecule has 0 fully saturated rings. The molecule has 23 heavy (non-hydrogen) atoms. The number of benzene rings is 2. The van der Waals surface area contributed by atoms with E-state index < -0.39 is 0 Å². The van der Waals surface area contributed by atoms with Crippen molar-refractivity contribution in [3.63, 3.8) is 0 Å². The Hall–Kier alpha value is -2.05. The van der Waals surface area contributed by atoms with Crippen LogP contribution in [0, 0.1) is 0 Å². The van der Waals surface area contributed by atoms with Gasteiger partial charge in [-0.25, -0.2) is 0 Å². The molecule has 0 atom stereocenters. The van der Waals surface area contributed by atoms with E-state index in [4.69, 9.17) is 0 Å². The lowest BCUT2D eigenvalue weighted by Crippen LogP contribution is -2.13. The molecule has 1 aromatic heterocycles. The van der Waals surface area contributed by atoms with E-state index in [0.29, 0.717) is 5.75 Å². The highest BCUT2D eigenvalue weighted by Crippen LogP contribution is 2.22. The molecule has 0 spiro atoms. The van der Waals surface area contributed by atoms with Crippen LogP contribution in [-0.2, 0) is 4.79 Å². The predicted molar refractivity (Wildman–Crippen MR) is 97.5 cm³/mol. The number of carbonyl (C=O) groups is 1. The summed E-state index contributed by atoms with van der Waals surface area (Å²) in [6, 6.07) is 17.5. The van der Waals surface area contributed by atoms with Crippen molar-refractivity contribution < 1.29 is 4.79 Å². The molecular weight excluding hydrogens is 374 g/mol. The summed E-state index contributed by atoms with van der Waals surface area (Å²) < 4.78 is 1.03. The molecule has 3 rings (SSSR count). The second-order valence-electron chi connectivity index (χ2n) is 4.84. The van der Waals surface area contributed by atoms with Crippen LogP contribution in [-0.4, -0.2) is 21.9 Å². The van der Waals surface area contributed by atoms with Crippen molar-refractivity contribution in [2.45, 2.75) is 4.90 Å². The van der Waals surface area contributed by atoms with Gasteiger partial charge in [0.15, 0.2) is 0 Å². The molecule has 0 aliphatic carbocycles.